The van der Waals surface area contributed by atoms with Crippen LogP contribution < -0.4 is 4.90 Å². The van der Waals surface area contributed by atoms with Crippen molar-refractivity contribution in [3.63, 3.8) is 0 Å². The highest BCUT2D eigenvalue weighted by Gasteiger charge is 2.24. The first-order chi connectivity index (χ1) is 10.7. The molecule has 0 amide bonds. The van der Waals surface area contributed by atoms with Crippen LogP contribution in [0.15, 0.2) is 49.3 Å². The Morgan fingerprint density at radius 1 is 1.18 bits per heavy atom. The topological polar surface area (TPSA) is 21.1 Å². The van der Waals surface area contributed by atoms with Gasteiger partial charge >= 0.3 is 0 Å². The smallest absolute Gasteiger partial charge is 0.0955 e. The Bertz CT molecular complexity index is 889. The summed E-state index contributed by atoms with van der Waals surface area (Å²) in [4.78, 5) is 6.68. The number of imidazole rings is 1. The van der Waals surface area contributed by atoms with Crippen molar-refractivity contribution in [1.29, 1.82) is 0 Å². The standard InChI is InChI=1S/C19H19N3/c1-4-14-5-6-15-11-22(13(2)17(15)9-14)16-7-8-18-19(10-16)21(3)12-20-18/h5-10,12H,2,4,11H2,1,3H3. The van der Waals surface area contributed by atoms with Crippen LogP contribution in [0.5, 0.6) is 0 Å². The van der Waals surface area contributed by atoms with Gasteiger partial charge in [-0.25, -0.2) is 4.98 Å². The molecule has 0 saturated heterocycles. The zero-order chi connectivity index (χ0) is 15.3. The van der Waals surface area contributed by atoms with E-state index in [9.17, 15) is 0 Å². The third-order valence-electron chi connectivity index (χ3n) is 4.57. The SMILES string of the molecule is C=C1c2cc(CC)ccc2CN1c1ccc2ncn(C)c2c1. The average Bonchev–Trinajstić information content (AvgIpc) is 3.08. The molecule has 1 aliphatic heterocycles. The molecule has 0 aliphatic carbocycles. The molecule has 0 atom stereocenters. The lowest BCUT2D eigenvalue weighted by Gasteiger charge is -2.19. The molecule has 0 bridgehead atoms. The van der Waals surface area contributed by atoms with Gasteiger partial charge in [-0.05, 0) is 41.8 Å². The van der Waals surface area contributed by atoms with Gasteiger partial charge < -0.3 is 9.47 Å². The Kier molecular flexibility index (Phi) is 2.83. The van der Waals surface area contributed by atoms with E-state index >= 15 is 0 Å². The summed E-state index contributed by atoms with van der Waals surface area (Å²) in [5.74, 6) is 0. The monoisotopic (exact) mass is 289 g/mol. The third-order valence-corrected chi connectivity index (χ3v) is 4.57. The van der Waals surface area contributed by atoms with Crippen LogP contribution >= 0.6 is 0 Å². The van der Waals surface area contributed by atoms with E-state index in [-0.39, 0.29) is 0 Å². The molecule has 0 N–H and O–H groups in total. The minimum Gasteiger partial charge on any atom is -0.337 e. The van der Waals surface area contributed by atoms with Crippen LogP contribution in [-0.2, 0) is 20.0 Å². The lowest BCUT2D eigenvalue weighted by molar-refractivity contribution is 0.946. The van der Waals surface area contributed by atoms with Crippen LogP contribution in [-0.4, -0.2) is 9.55 Å². The molecule has 0 unspecified atom stereocenters. The number of anilines is 1. The van der Waals surface area contributed by atoms with Crippen molar-refractivity contribution in [2.75, 3.05) is 4.90 Å². The van der Waals surface area contributed by atoms with Gasteiger partial charge in [0.2, 0.25) is 0 Å². The van der Waals surface area contributed by atoms with Crippen LogP contribution in [0.1, 0.15) is 23.6 Å². The van der Waals surface area contributed by atoms with Gasteiger partial charge in [0.15, 0.2) is 0 Å². The summed E-state index contributed by atoms with van der Waals surface area (Å²) < 4.78 is 2.06. The Morgan fingerprint density at radius 3 is 2.86 bits per heavy atom. The summed E-state index contributed by atoms with van der Waals surface area (Å²) in [6, 6.07) is 13.1. The molecule has 1 aliphatic rings. The number of benzene rings is 2. The maximum atomic E-state index is 4.39. The lowest BCUT2D eigenvalue weighted by Crippen LogP contribution is -2.12. The van der Waals surface area contributed by atoms with Gasteiger partial charge in [0.25, 0.3) is 0 Å². The average molecular weight is 289 g/mol. The molecular weight excluding hydrogens is 270 g/mol. The Morgan fingerprint density at radius 2 is 2.05 bits per heavy atom. The predicted molar refractivity (Wildman–Crippen MR) is 91.8 cm³/mol. The number of fused-ring (bicyclic) bond motifs is 2. The molecule has 22 heavy (non-hydrogen) atoms. The third kappa shape index (κ3) is 1.86. The van der Waals surface area contributed by atoms with E-state index in [1.807, 2.05) is 13.4 Å². The van der Waals surface area contributed by atoms with Crippen molar-refractivity contribution in [1.82, 2.24) is 9.55 Å². The number of nitrogens with zero attached hydrogens (tertiary/aromatic N) is 3. The van der Waals surface area contributed by atoms with Gasteiger partial charge in [0.1, 0.15) is 0 Å². The van der Waals surface area contributed by atoms with Crippen molar-refractivity contribution >= 4 is 22.4 Å². The summed E-state index contributed by atoms with van der Waals surface area (Å²) in [5, 5.41) is 0. The van der Waals surface area contributed by atoms with Crippen LogP contribution in [0.2, 0.25) is 0 Å². The molecule has 0 fully saturated rings. The lowest BCUT2D eigenvalue weighted by atomic mass is 10.0. The highest BCUT2D eigenvalue weighted by molar-refractivity contribution is 5.88. The van der Waals surface area contributed by atoms with Crippen LogP contribution in [0.4, 0.5) is 5.69 Å². The largest absolute Gasteiger partial charge is 0.337 e. The number of hydrogen-bond acceptors (Lipinski definition) is 2. The molecule has 110 valence electrons. The first kappa shape index (κ1) is 13.1. The minimum atomic E-state index is 0.890. The number of hydrogen-bond donors (Lipinski definition) is 0. The summed E-state index contributed by atoms with van der Waals surface area (Å²) >= 11 is 0. The van der Waals surface area contributed by atoms with E-state index in [1.54, 1.807) is 0 Å². The van der Waals surface area contributed by atoms with Crippen molar-refractivity contribution in [3.05, 3.63) is 66.0 Å². The van der Waals surface area contributed by atoms with E-state index in [2.05, 4.69) is 64.4 Å². The van der Waals surface area contributed by atoms with Gasteiger partial charge in [-0.15, -0.1) is 0 Å². The molecule has 3 aromatic rings. The zero-order valence-electron chi connectivity index (χ0n) is 13.0. The van der Waals surface area contributed by atoms with E-state index in [0.717, 1.165) is 29.7 Å². The maximum absolute atomic E-state index is 4.39. The number of rotatable bonds is 2. The Labute approximate surface area is 130 Å². The minimum absolute atomic E-state index is 0.890. The van der Waals surface area contributed by atoms with Crippen molar-refractivity contribution < 1.29 is 0 Å². The number of aromatic nitrogens is 2. The molecule has 0 radical (unpaired) electrons. The quantitative estimate of drug-likeness (QED) is 0.707. The first-order valence-electron chi connectivity index (χ1n) is 7.67. The van der Waals surface area contributed by atoms with Crippen molar-refractivity contribution in [3.8, 4) is 0 Å². The fraction of sp³-hybridized carbons (Fsp3) is 0.211. The second kappa shape index (κ2) is 4.73. The number of aryl methyl sites for hydroxylation is 2. The van der Waals surface area contributed by atoms with E-state index in [1.165, 1.54) is 22.4 Å². The molecule has 0 saturated carbocycles. The van der Waals surface area contributed by atoms with E-state index in [0.29, 0.717) is 0 Å². The highest BCUT2D eigenvalue weighted by atomic mass is 15.2. The van der Waals surface area contributed by atoms with E-state index in [4.69, 9.17) is 0 Å². The summed E-state index contributed by atoms with van der Waals surface area (Å²) in [5.41, 5.74) is 8.44. The van der Waals surface area contributed by atoms with Gasteiger partial charge in [-0.3, -0.25) is 0 Å². The molecule has 2 aromatic carbocycles. The summed E-state index contributed by atoms with van der Waals surface area (Å²) in [6.45, 7) is 7.40. The molecule has 3 heteroatoms. The van der Waals surface area contributed by atoms with Gasteiger partial charge in [-0.2, -0.15) is 0 Å². The Hall–Kier alpha value is -2.55. The summed E-state index contributed by atoms with van der Waals surface area (Å²) in [7, 11) is 2.03. The zero-order valence-corrected chi connectivity index (χ0v) is 13.0. The molecule has 3 nitrogen and oxygen atoms in total. The first-order valence-corrected chi connectivity index (χ1v) is 7.67. The normalized spacial score (nSPS) is 13.9. The van der Waals surface area contributed by atoms with Gasteiger partial charge in [0.05, 0.1) is 17.4 Å². The van der Waals surface area contributed by atoms with Crippen molar-refractivity contribution in [2.24, 2.45) is 7.05 Å². The predicted octanol–water partition coefficient (Wildman–Crippen LogP) is 4.13. The van der Waals surface area contributed by atoms with Crippen LogP contribution in [0, 0.1) is 0 Å². The van der Waals surface area contributed by atoms with Gasteiger partial charge in [-0.1, -0.05) is 25.6 Å². The summed E-state index contributed by atoms with van der Waals surface area (Å²) in [6.07, 6.45) is 2.91. The van der Waals surface area contributed by atoms with Crippen molar-refractivity contribution in [2.45, 2.75) is 19.9 Å². The molecular formula is C19H19N3. The van der Waals surface area contributed by atoms with E-state index < -0.39 is 0 Å². The molecule has 4 rings (SSSR count). The maximum Gasteiger partial charge on any atom is 0.0955 e. The highest BCUT2D eigenvalue weighted by Crippen LogP contribution is 2.37. The Balaban J connectivity index is 1.77. The fourth-order valence-corrected chi connectivity index (χ4v) is 3.19. The van der Waals surface area contributed by atoms with Crippen LogP contribution in [0.3, 0.4) is 0 Å². The van der Waals surface area contributed by atoms with Crippen LogP contribution in [0.25, 0.3) is 16.7 Å². The molecule has 1 aromatic heterocycles. The fourth-order valence-electron chi connectivity index (χ4n) is 3.19. The second-order valence-corrected chi connectivity index (χ2v) is 5.91. The molecule has 0 spiro atoms. The molecule has 2 heterocycles. The van der Waals surface area contributed by atoms with Gasteiger partial charge in [0, 0.05) is 30.5 Å². The second-order valence-electron chi connectivity index (χ2n) is 5.91.